The van der Waals surface area contributed by atoms with Gasteiger partial charge in [-0.05, 0) is 7.05 Å². The molecule has 1 aromatic rings. The number of nitrogens with zero attached hydrogens (tertiary/aromatic N) is 4. The largest absolute Gasteiger partial charge is 0.340 e. The van der Waals surface area contributed by atoms with E-state index in [-0.39, 0.29) is 17.4 Å². The smallest absolute Gasteiger partial charge is 0.254 e. The van der Waals surface area contributed by atoms with Gasteiger partial charge in [0.25, 0.3) is 5.56 Å². The second-order valence-electron chi connectivity index (χ2n) is 5.31. The number of thioether (sulfide) groups is 1. The number of fused-ring (bicyclic) bond motifs is 1. The summed E-state index contributed by atoms with van der Waals surface area (Å²) in [6.45, 7) is 3.87. The molecule has 0 saturated carbocycles. The fourth-order valence-corrected chi connectivity index (χ4v) is 3.64. The number of amides is 1. The highest BCUT2D eigenvalue weighted by Crippen LogP contribution is 2.25. The van der Waals surface area contributed by atoms with Crippen molar-refractivity contribution in [1.82, 2.24) is 19.4 Å². The highest BCUT2D eigenvalue weighted by Gasteiger charge is 2.30. The molecule has 6 nitrogen and oxygen atoms in total. The Balaban J connectivity index is 1.72. The Hall–Kier alpha value is -1.34. The lowest BCUT2D eigenvalue weighted by Gasteiger charge is -2.35. The summed E-state index contributed by atoms with van der Waals surface area (Å²) in [5.74, 6) is 0.770. The van der Waals surface area contributed by atoms with Gasteiger partial charge in [-0.1, -0.05) is 11.8 Å². The number of aromatic nitrogens is 2. The zero-order chi connectivity index (χ0) is 14.1. The number of likely N-dealkylation sites (N-methyl/N-ethyl adjacent to an activating group) is 1. The molecule has 3 rings (SSSR count). The number of carbonyl (C=O) groups excluding carboxylic acids is 1. The topological polar surface area (TPSA) is 58.4 Å². The molecule has 0 aromatic carbocycles. The van der Waals surface area contributed by atoms with Crippen LogP contribution in [0.4, 0.5) is 0 Å². The van der Waals surface area contributed by atoms with Gasteiger partial charge in [0.05, 0.1) is 5.92 Å². The van der Waals surface area contributed by atoms with Crippen LogP contribution in [0.25, 0.3) is 0 Å². The lowest BCUT2D eigenvalue weighted by atomic mass is 10.1. The summed E-state index contributed by atoms with van der Waals surface area (Å²) < 4.78 is 1.62. The third-order valence-corrected chi connectivity index (χ3v) is 5.03. The van der Waals surface area contributed by atoms with Crippen molar-refractivity contribution in [2.75, 3.05) is 39.0 Å². The SMILES string of the molecule is CN1CCN(C(=O)C2CSc3nccc(=O)n3C2)CC1. The molecule has 108 valence electrons. The van der Waals surface area contributed by atoms with Crippen molar-refractivity contribution in [3.05, 3.63) is 22.6 Å². The summed E-state index contributed by atoms with van der Waals surface area (Å²) in [5.41, 5.74) is -0.0709. The summed E-state index contributed by atoms with van der Waals surface area (Å²) in [4.78, 5) is 32.7. The van der Waals surface area contributed by atoms with Crippen molar-refractivity contribution in [2.45, 2.75) is 11.7 Å². The Morgan fingerprint density at radius 1 is 1.35 bits per heavy atom. The van der Waals surface area contributed by atoms with E-state index >= 15 is 0 Å². The van der Waals surface area contributed by atoms with Crippen LogP contribution < -0.4 is 5.56 Å². The minimum atomic E-state index is -0.113. The van der Waals surface area contributed by atoms with Crippen LogP contribution in [0.1, 0.15) is 0 Å². The van der Waals surface area contributed by atoms with E-state index < -0.39 is 0 Å². The maximum absolute atomic E-state index is 12.5. The third kappa shape index (κ3) is 2.60. The average Bonchev–Trinajstić information content (AvgIpc) is 2.47. The van der Waals surface area contributed by atoms with Gasteiger partial charge in [0.2, 0.25) is 5.91 Å². The van der Waals surface area contributed by atoms with Crippen molar-refractivity contribution in [1.29, 1.82) is 0 Å². The van der Waals surface area contributed by atoms with E-state index in [0.29, 0.717) is 12.3 Å². The van der Waals surface area contributed by atoms with Crippen LogP contribution in [0, 0.1) is 5.92 Å². The highest BCUT2D eigenvalue weighted by molar-refractivity contribution is 7.99. The summed E-state index contributed by atoms with van der Waals surface area (Å²) in [6, 6.07) is 1.45. The van der Waals surface area contributed by atoms with Crippen LogP contribution in [0.5, 0.6) is 0 Å². The molecule has 0 spiro atoms. The van der Waals surface area contributed by atoms with Crippen LogP contribution in [-0.2, 0) is 11.3 Å². The predicted molar refractivity (Wildman–Crippen MR) is 76.8 cm³/mol. The van der Waals surface area contributed by atoms with Crippen LogP contribution in [0.2, 0.25) is 0 Å². The molecular formula is C13H18N4O2S. The van der Waals surface area contributed by atoms with Crippen molar-refractivity contribution in [3.63, 3.8) is 0 Å². The number of hydrogen-bond acceptors (Lipinski definition) is 5. The molecule has 0 bridgehead atoms. The third-order valence-electron chi connectivity index (χ3n) is 3.88. The van der Waals surface area contributed by atoms with Gasteiger partial charge >= 0.3 is 0 Å². The zero-order valence-corrected chi connectivity index (χ0v) is 12.3. The van der Waals surface area contributed by atoms with E-state index in [1.807, 2.05) is 4.90 Å². The van der Waals surface area contributed by atoms with Crippen LogP contribution >= 0.6 is 11.8 Å². The fourth-order valence-electron chi connectivity index (χ4n) is 2.58. The molecule has 1 atom stereocenters. The molecule has 2 aliphatic heterocycles. The molecule has 1 aromatic heterocycles. The number of hydrogen-bond donors (Lipinski definition) is 0. The van der Waals surface area contributed by atoms with Gasteiger partial charge in [-0.25, -0.2) is 4.98 Å². The molecule has 1 fully saturated rings. The molecular weight excluding hydrogens is 276 g/mol. The van der Waals surface area contributed by atoms with Crippen molar-refractivity contribution < 1.29 is 4.79 Å². The maximum Gasteiger partial charge on any atom is 0.254 e. The summed E-state index contributed by atoms with van der Waals surface area (Å²) in [6.07, 6.45) is 1.53. The first kappa shape index (κ1) is 13.6. The van der Waals surface area contributed by atoms with Crippen LogP contribution in [0.3, 0.4) is 0 Å². The Labute approximate surface area is 121 Å². The second-order valence-corrected chi connectivity index (χ2v) is 6.30. The van der Waals surface area contributed by atoms with Crippen molar-refractivity contribution in [2.24, 2.45) is 5.92 Å². The van der Waals surface area contributed by atoms with Gasteiger partial charge < -0.3 is 9.80 Å². The van der Waals surface area contributed by atoms with E-state index in [1.54, 1.807) is 4.57 Å². The van der Waals surface area contributed by atoms with Gasteiger partial charge in [0.15, 0.2) is 5.16 Å². The zero-order valence-electron chi connectivity index (χ0n) is 11.5. The first-order valence-electron chi connectivity index (χ1n) is 6.81. The number of piperazine rings is 1. The van der Waals surface area contributed by atoms with Gasteiger partial charge in [-0.2, -0.15) is 0 Å². The molecule has 1 unspecified atom stereocenters. The van der Waals surface area contributed by atoms with Gasteiger partial charge in [-0.15, -0.1) is 0 Å². The summed E-state index contributed by atoms with van der Waals surface area (Å²) >= 11 is 1.50. The second kappa shape index (κ2) is 5.57. The molecule has 0 radical (unpaired) electrons. The molecule has 7 heteroatoms. The highest BCUT2D eigenvalue weighted by atomic mass is 32.2. The van der Waals surface area contributed by atoms with Gasteiger partial charge in [-0.3, -0.25) is 14.2 Å². The minimum Gasteiger partial charge on any atom is -0.340 e. The van der Waals surface area contributed by atoms with Gasteiger partial charge in [0, 0.05) is 50.7 Å². The molecule has 20 heavy (non-hydrogen) atoms. The van der Waals surface area contributed by atoms with Crippen molar-refractivity contribution >= 4 is 17.7 Å². The standard InChI is InChI=1S/C13H18N4O2S/c1-15-4-6-16(7-5-15)12(19)10-8-17-11(18)2-3-14-13(17)20-9-10/h2-3,10H,4-9H2,1H3. The maximum atomic E-state index is 12.5. The van der Waals surface area contributed by atoms with E-state index in [4.69, 9.17) is 0 Å². The molecule has 1 amide bonds. The Morgan fingerprint density at radius 3 is 2.85 bits per heavy atom. The van der Waals surface area contributed by atoms with Crippen molar-refractivity contribution in [3.8, 4) is 0 Å². The summed E-state index contributed by atoms with van der Waals surface area (Å²) in [5, 5.41) is 0.722. The number of carbonyl (C=O) groups is 1. The Kier molecular flexibility index (Phi) is 3.80. The first-order valence-corrected chi connectivity index (χ1v) is 7.79. The monoisotopic (exact) mass is 294 g/mol. The van der Waals surface area contributed by atoms with E-state index in [9.17, 15) is 9.59 Å². The lowest BCUT2D eigenvalue weighted by Crippen LogP contribution is -2.50. The normalized spacial score (nSPS) is 23.4. The van der Waals surface area contributed by atoms with E-state index in [0.717, 1.165) is 31.3 Å². The average molecular weight is 294 g/mol. The lowest BCUT2D eigenvalue weighted by molar-refractivity contribution is -0.137. The summed E-state index contributed by atoms with van der Waals surface area (Å²) in [7, 11) is 2.07. The van der Waals surface area contributed by atoms with E-state index in [1.165, 1.54) is 24.0 Å². The fraction of sp³-hybridized carbons (Fsp3) is 0.615. The molecule has 0 aliphatic carbocycles. The molecule has 3 heterocycles. The molecule has 1 saturated heterocycles. The van der Waals surface area contributed by atoms with E-state index in [2.05, 4.69) is 16.9 Å². The quantitative estimate of drug-likeness (QED) is 0.668. The Morgan fingerprint density at radius 2 is 2.10 bits per heavy atom. The van der Waals surface area contributed by atoms with Gasteiger partial charge in [0.1, 0.15) is 0 Å². The number of rotatable bonds is 1. The molecule has 0 N–H and O–H groups in total. The minimum absolute atomic E-state index is 0.0709. The Bertz CT molecular complexity index is 566. The molecule has 2 aliphatic rings. The van der Waals surface area contributed by atoms with Crippen LogP contribution in [0.15, 0.2) is 22.2 Å². The predicted octanol–water partition coefficient (Wildman–Crippen LogP) is -0.261. The van der Waals surface area contributed by atoms with Crippen LogP contribution in [-0.4, -0.2) is 64.2 Å². The first-order chi connectivity index (χ1) is 9.65.